The quantitative estimate of drug-likeness (QED) is 0.340. The minimum Gasteiger partial charge on any atom is -0.352 e. The van der Waals surface area contributed by atoms with Crippen LogP contribution in [0.3, 0.4) is 0 Å². The first-order valence-electron chi connectivity index (χ1n) is 10.4. The van der Waals surface area contributed by atoms with Crippen molar-refractivity contribution in [1.29, 1.82) is 0 Å². The van der Waals surface area contributed by atoms with E-state index >= 15 is 0 Å². The molecule has 162 valence electrons. The molecule has 0 spiro atoms. The van der Waals surface area contributed by atoms with E-state index in [1.807, 2.05) is 18.2 Å². The van der Waals surface area contributed by atoms with Crippen molar-refractivity contribution in [1.82, 2.24) is 20.3 Å². The van der Waals surface area contributed by atoms with Crippen molar-refractivity contribution >= 4 is 29.0 Å². The third kappa shape index (κ3) is 5.60. The van der Waals surface area contributed by atoms with Crippen LogP contribution in [0.2, 0.25) is 0 Å². The summed E-state index contributed by atoms with van der Waals surface area (Å²) in [7, 11) is 0. The van der Waals surface area contributed by atoms with E-state index in [0.29, 0.717) is 12.1 Å². The van der Waals surface area contributed by atoms with Crippen LogP contribution < -0.4 is 5.32 Å². The number of carbonyl (C=O) groups excluding carboxylic acids is 1. The van der Waals surface area contributed by atoms with Crippen LogP contribution in [0.5, 0.6) is 0 Å². The summed E-state index contributed by atoms with van der Waals surface area (Å²) in [5, 5.41) is 6.89. The number of aromatic nitrogens is 3. The molecular weight excluding hydrogens is 436 g/mol. The molecule has 0 bridgehead atoms. The molecule has 0 aliphatic rings. The Bertz CT molecular complexity index is 1210. The first kappa shape index (κ1) is 22.2. The third-order valence-electron chi connectivity index (χ3n) is 4.93. The highest BCUT2D eigenvalue weighted by Crippen LogP contribution is 2.31. The summed E-state index contributed by atoms with van der Waals surface area (Å²) < 4.78 is 0. The van der Waals surface area contributed by atoms with Gasteiger partial charge in [0, 0.05) is 47.4 Å². The largest absolute Gasteiger partial charge is 0.352 e. The van der Waals surface area contributed by atoms with Crippen molar-refractivity contribution in [3.8, 4) is 11.3 Å². The van der Waals surface area contributed by atoms with E-state index in [0.717, 1.165) is 39.0 Å². The van der Waals surface area contributed by atoms with Crippen molar-refractivity contribution in [2.75, 3.05) is 6.54 Å². The summed E-state index contributed by atoms with van der Waals surface area (Å²) in [6.07, 6.45) is 6.93. The zero-order valence-electron chi connectivity index (χ0n) is 18.0. The van der Waals surface area contributed by atoms with E-state index in [1.54, 1.807) is 36.0 Å². The Hall–Kier alpha value is -3.03. The highest BCUT2D eigenvalue weighted by molar-refractivity contribution is 7.99. The molecular formula is C25H24N4OS2. The summed E-state index contributed by atoms with van der Waals surface area (Å²) in [5.74, 6) is -0.0954. The van der Waals surface area contributed by atoms with Crippen molar-refractivity contribution < 1.29 is 4.79 Å². The maximum absolute atomic E-state index is 12.8. The first-order chi connectivity index (χ1) is 15.6. The number of hydrogen-bond donors (Lipinski definition) is 1. The lowest BCUT2D eigenvalue weighted by molar-refractivity contribution is 0.0949. The van der Waals surface area contributed by atoms with E-state index < -0.39 is 0 Å². The summed E-state index contributed by atoms with van der Waals surface area (Å²) in [4.78, 5) is 27.1. The topological polar surface area (TPSA) is 67.8 Å². The van der Waals surface area contributed by atoms with Gasteiger partial charge >= 0.3 is 0 Å². The monoisotopic (exact) mass is 460 g/mol. The molecule has 0 aliphatic heterocycles. The van der Waals surface area contributed by atoms with Crippen LogP contribution in [-0.4, -0.2) is 27.4 Å². The second kappa shape index (κ2) is 10.5. The van der Waals surface area contributed by atoms with Gasteiger partial charge in [0.05, 0.1) is 16.3 Å². The molecule has 4 aromatic rings. The highest BCUT2D eigenvalue weighted by Gasteiger charge is 2.14. The van der Waals surface area contributed by atoms with E-state index in [2.05, 4.69) is 52.7 Å². The molecule has 3 heterocycles. The number of nitrogens with one attached hydrogen (secondary N) is 1. The van der Waals surface area contributed by atoms with Gasteiger partial charge in [0.1, 0.15) is 5.03 Å². The average Bonchev–Trinajstić information content (AvgIpc) is 3.28. The van der Waals surface area contributed by atoms with Gasteiger partial charge in [-0.05, 0) is 56.2 Å². The smallest absolute Gasteiger partial charge is 0.254 e. The van der Waals surface area contributed by atoms with Crippen molar-refractivity contribution in [3.63, 3.8) is 0 Å². The fraction of sp³-hybridized carbons (Fsp3) is 0.200. The standard InChI is InChI=1S/C25H24N4OS2/c1-17-7-8-22(18(2)15-17)32-25-20(5-3-12-28-25)24(30)27-11-4-6-23-29-21(16-31-23)19-9-13-26-14-10-19/h3,5,7-10,12-16H,4,6,11H2,1-2H3,(H,27,30). The molecule has 7 heteroatoms. The second-order valence-corrected chi connectivity index (χ2v) is 9.42. The van der Waals surface area contributed by atoms with Crippen LogP contribution in [0.4, 0.5) is 0 Å². The van der Waals surface area contributed by atoms with Crippen molar-refractivity contribution in [2.45, 2.75) is 36.6 Å². The molecule has 1 N–H and O–H groups in total. The Balaban J connectivity index is 1.32. The minimum absolute atomic E-state index is 0.0954. The maximum atomic E-state index is 12.8. The van der Waals surface area contributed by atoms with E-state index in [9.17, 15) is 4.79 Å². The fourth-order valence-corrected chi connectivity index (χ4v) is 5.08. The van der Waals surface area contributed by atoms with Crippen LogP contribution in [0.1, 0.15) is 32.9 Å². The molecule has 0 aliphatic carbocycles. The molecule has 0 saturated heterocycles. The van der Waals surface area contributed by atoms with E-state index in [1.165, 1.54) is 22.9 Å². The van der Waals surface area contributed by atoms with E-state index in [4.69, 9.17) is 4.98 Å². The van der Waals surface area contributed by atoms with Crippen molar-refractivity contribution in [2.24, 2.45) is 0 Å². The maximum Gasteiger partial charge on any atom is 0.254 e. The summed E-state index contributed by atoms with van der Waals surface area (Å²) >= 11 is 3.18. The first-order valence-corrected chi connectivity index (χ1v) is 12.1. The summed E-state index contributed by atoms with van der Waals surface area (Å²) in [6, 6.07) is 13.9. The Morgan fingerprint density at radius 2 is 1.94 bits per heavy atom. The summed E-state index contributed by atoms with van der Waals surface area (Å²) in [5.41, 5.74) is 5.05. The van der Waals surface area contributed by atoms with Gasteiger partial charge in [-0.3, -0.25) is 9.78 Å². The molecule has 0 saturated carbocycles. The Morgan fingerprint density at radius 1 is 1.09 bits per heavy atom. The molecule has 32 heavy (non-hydrogen) atoms. The number of aryl methyl sites for hydroxylation is 3. The van der Waals surface area contributed by atoms with Gasteiger partial charge in [-0.2, -0.15) is 0 Å². The van der Waals surface area contributed by atoms with Gasteiger partial charge in [0.15, 0.2) is 0 Å². The normalized spacial score (nSPS) is 10.8. The molecule has 1 aromatic carbocycles. The zero-order chi connectivity index (χ0) is 22.3. The lowest BCUT2D eigenvalue weighted by atomic mass is 10.2. The molecule has 0 atom stereocenters. The van der Waals surface area contributed by atoms with Crippen LogP contribution >= 0.6 is 23.1 Å². The van der Waals surface area contributed by atoms with Crippen molar-refractivity contribution in [3.05, 3.63) is 88.1 Å². The molecule has 0 unspecified atom stereocenters. The Kier molecular flexibility index (Phi) is 7.29. The number of hydrogen-bond acceptors (Lipinski definition) is 6. The second-order valence-electron chi connectivity index (χ2n) is 7.45. The molecule has 0 radical (unpaired) electrons. The molecule has 3 aromatic heterocycles. The van der Waals surface area contributed by atoms with Gasteiger partial charge in [-0.1, -0.05) is 29.5 Å². The number of thiazole rings is 1. The summed E-state index contributed by atoms with van der Waals surface area (Å²) in [6.45, 7) is 4.75. The van der Waals surface area contributed by atoms with Crippen LogP contribution in [0, 0.1) is 13.8 Å². The Labute approximate surface area is 196 Å². The number of benzene rings is 1. The average molecular weight is 461 g/mol. The molecule has 5 nitrogen and oxygen atoms in total. The number of pyridine rings is 2. The van der Waals surface area contributed by atoms with Gasteiger partial charge in [0.25, 0.3) is 5.91 Å². The van der Waals surface area contributed by atoms with Gasteiger partial charge in [-0.15, -0.1) is 11.3 Å². The van der Waals surface area contributed by atoms with Gasteiger partial charge in [-0.25, -0.2) is 9.97 Å². The van der Waals surface area contributed by atoms with Crippen LogP contribution in [0.15, 0.2) is 76.4 Å². The van der Waals surface area contributed by atoms with Gasteiger partial charge in [0.2, 0.25) is 0 Å². The molecule has 1 amide bonds. The SMILES string of the molecule is Cc1ccc(Sc2ncccc2C(=O)NCCCc2nc(-c3ccncc3)cs2)c(C)c1. The lowest BCUT2D eigenvalue weighted by Crippen LogP contribution is -2.25. The van der Waals surface area contributed by atoms with Crippen LogP contribution in [0.25, 0.3) is 11.3 Å². The predicted octanol–water partition coefficient (Wildman–Crippen LogP) is 5.73. The van der Waals surface area contributed by atoms with E-state index in [-0.39, 0.29) is 5.91 Å². The predicted molar refractivity (Wildman–Crippen MR) is 130 cm³/mol. The molecule has 4 rings (SSSR count). The Morgan fingerprint density at radius 3 is 2.75 bits per heavy atom. The number of nitrogens with zero attached hydrogens (tertiary/aromatic N) is 3. The highest BCUT2D eigenvalue weighted by atomic mass is 32.2. The third-order valence-corrected chi connectivity index (χ3v) is 7.04. The number of rotatable bonds is 8. The van der Waals surface area contributed by atoms with Gasteiger partial charge < -0.3 is 5.32 Å². The lowest BCUT2D eigenvalue weighted by Gasteiger charge is -2.10. The number of carbonyl (C=O) groups is 1. The minimum atomic E-state index is -0.0954. The zero-order valence-corrected chi connectivity index (χ0v) is 19.7. The molecule has 0 fully saturated rings. The fourth-order valence-electron chi connectivity index (χ4n) is 3.28. The number of amides is 1. The van der Waals surface area contributed by atoms with Crippen LogP contribution in [-0.2, 0) is 6.42 Å².